The highest BCUT2D eigenvalue weighted by Gasteiger charge is 2.02. The van der Waals surface area contributed by atoms with Gasteiger partial charge in [0.15, 0.2) is 0 Å². The molecule has 0 saturated heterocycles. The van der Waals surface area contributed by atoms with Gasteiger partial charge in [-0.25, -0.2) is 0 Å². The largest absolute Gasteiger partial charge is 0.496 e. The van der Waals surface area contributed by atoms with Crippen molar-refractivity contribution in [3.05, 3.63) is 29.3 Å². The van der Waals surface area contributed by atoms with Crippen LogP contribution in [-0.2, 0) is 6.54 Å². The van der Waals surface area contributed by atoms with Gasteiger partial charge in [-0.2, -0.15) is 0 Å². The molecule has 3 nitrogen and oxygen atoms in total. The van der Waals surface area contributed by atoms with Crippen LogP contribution < -0.4 is 10.1 Å². The minimum absolute atomic E-state index is 0.672. The maximum atomic E-state index is 10.5. The first-order chi connectivity index (χ1) is 6.31. The minimum Gasteiger partial charge on any atom is -0.496 e. The van der Waals surface area contributed by atoms with Crippen molar-refractivity contribution in [1.29, 1.82) is 0 Å². The van der Waals surface area contributed by atoms with Crippen molar-refractivity contribution in [1.82, 2.24) is 5.32 Å². The molecule has 1 aromatic carbocycles. The molecule has 70 valence electrons. The van der Waals surface area contributed by atoms with Crippen molar-refractivity contribution in [3.63, 3.8) is 0 Å². The van der Waals surface area contributed by atoms with Crippen LogP contribution in [0.25, 0.3) is 0 Å². The summed E-state index contributed by atoms with van der Waals surface area (Å²) in [4.78, 5) is 10.5. The Morgan fingerprint density at radius 1 is 1.54 bits per heavy atom. The monoisotopic (exact) mass is 179 g/mol. The van der Waals surface area contributed by atoms with Crippen LogP contribution in [0.4, 0.5) is 0 Å². The van der Waals surface area contributed by atoms with E-state index in [0.717, 1.165) is 17.6 Å². The van der Waals surface area contributed by atoms with Crippen molar-refractivity contribution in [2.75, 3.05) is 14.2 Å². The highest BCUT2D eigenvalue weighted by molar-refractivity contribution is 5.75. The van der Waals surface area contributed by atoms with E-state index in [0.29, 0.717) is 12.1 Å². The van der Waals surface area contributed by atoms with Crippen LogP contribution >= 0.6 is 0 Å². The Morgan fingerprint density at radius 2 is 2.31 bits per heavy atom. The first kappa shape index (κ1) is 9.74. The van der Waals surface area contributed by atoms with E-state index in [-0.39, 0.29) is 0 Å². The maximum absolute atomic E-state index is 10.5. The zero-order valence-electron chi connectivity index (χ0n) is 7.83. The topological polar surface area (TPSA) is 38.3 Å². The molecule has 0 saturated carbocycles. The lowest BCUT2D eigenvalue weighted by atomic mass is 10.1. The van der Waals surface area contributed by atoms with E-state index in [1.54, 1.807) is 19.2 Å². The summed E-state index contributed by atoms with van der Waals surface area (Å²) in [6.07, 6.45) is 0.832. The highest BCUT2D eigenvalue weighted by atomic mass is 16.5. The molecule has 0 amide bonds. The second kappa shape index (κ2) is 4.62. The van der Waals surface area contributed by atoms with Gasteiger partial charge in [-0.1, -0.05) is 0 Å². The van der Waals surface area contributed by atoms with Crippen molar-refractivity contribution in [2.24, 2.45) is 0 Å². The molecule has 0 aliphatic heterocycles. The fraction of sp³-hybridized carbons (Fsp3) is 0.300. The lowest BCUT2D eigenvalue weighted by Crippen LogP contribution is -2.07. The van der Waals surface area contributed by atoms with Gasteiger partial charge < -0.3 is 10.1 Å². The molecule has 0 spiro atoms. The Labute approximate surface area is 77.7 Å². The quantitative estimate of drug-likeness (QED) is 0.706. The van der Waals surface area contributed by atoms with Crippen LogP contribution in [0.2, 0.25) is 0 Å². The number of hydrogen-bond acceptors (Lipinski definition) is 3. The molecular formula is C10H13NO2. The molecule has 1 aromatic rings. The summed E-state index contributed by atoms with van der Waals surface area (Å²) in [5.74, 6) is 0.806. The van der Waals surface area contributed by atoms with Gasteiger partial charge in [-0.05, 0) is 25.2 Å². The van der Waals surface area contributed by atoms with Crippen LogP contribution in [0.3, 0.4) is 0 Å². The zero-order chi connectivity index (χ0) is 9.68. The van der Waals surface area contributed by atoms with Crippen LogP contribution in [0.15, 0.2) is 18.2 Å². The molecular weight excluding hydrogens is 166 g/mol. The van der Waals surface area contributed by atoms with Crippen LogP contribution in [0, 0.1) is 0 Å². The van der Waals surface area contributed by atoms with Crippen LogP contribution in [0.1, 0.15) is 15.9 Å². The van der Waals surface area contributed by atoms with E-state index in [1.807, 2.05) is 13.1 Å². The van der Waals surface area contributed by atoms with E-state index < -0.39 is 0 Å². The fourth-order valence-corrected chi connectivity index (χ4v) is 1.20. The molecule has 13 heavy (non-hydrogen) atoms. The van der Waals surface area contributed by atoms with Gasteiger partial charge in [-0.3, -0.25) is 4.79 Å². The SMILES string of the molecule is CNCc1cc(C=O)ccc1OC. The number of methoxy groups -OCH3 is 1. The highest BCUT2D eigenvalue weighted by Crippen LogP contribution is 2.18. The van der Waals surface area contributed by atoms with Gasteiger partial charge in [0.05, 0.1) is 7.11 Å². The lowest BCUT2D eigenvalue weighted by molar-refractivity contribution is 0.112. The number of ether oxygens (including phenoxy) is 1. The Bertz CT molecular complexity index is 297. The molecule has 0 heterocycles. The number of carbonyl (C=O) groups is 1. The van der Waals surface area contributed by atoms with Gasteiger partial charge in [-0.15, -0.1) is 0 Å². The number of carbonyl (C=O) groups excluding carboxylic acids is 1. The predicted octanol–water partition coefficient (Wildman–Crippen LogP) is 1.23. The number of benzene rings is 1. The number of aldehydes is 1. The normalized spacial score (nSPS) is 9.69. The number of nitrogens with one attached hydrogen (secondary N) is 1. The molecule has 0 fully saturated rings. The summed E-state index contributed by atoms with van der Waals surface area (Å²) in [5.41, 5.74) is 1.67. The fourth-order valence-electron chi connectivity index (χ4n) is 1.20. The number of hydrogen-bond donors (Lipinski definition) is 1. The van der Waals surface area contributed by atoms with Gasteiger partial charge in [0.1, 0.15) is 12.0 Å². The second-order valence-electron chi connectivity index (χ2n) is 2.72. The van der Waals surface area contributed by atoms with Crippen molar-refractivity contribution in [2.45, 2.75) is 6.54 Å². The first-order valence-electron chi connectivity index (χ1n) is 4.08. The average Bonchev–Trinajstić information content (AvgIpc) is 2.18. The zero-order valence-corrected chi connectivity index (χ0v) is 7.83. The Balaban J connectivity index is 3.02. The van der Waals surface area contributed by atoms with Gasteiger partial charge >= 0.3 is 0 Å². The van der Waals surface area contributed by atoms with Gasteiger partial charge in [0, 0.05) is 17.7 Å². The molecule has 0 aromatic heterocycles. The van der Waals surface area contributed by atoms with Gasteiger partial charge in [0.2, 0.25) is 0 Å². The maximum Gasteiger partial charge on any atom is 0.150 e. The van der Waals surface area contributed by atoms with Crippen LogP contribution in [-0.4, -0.2) is 20.4 Å². The summed E-state index contributed by atoms with van der Waals surface area (Å²) < 4.78 is 5.14. The Morgan fingerprint density at radius 3 is 2.85 bits per heavy atom. The molecule has 1 N–H and O–H groups in total. The second-order valence-corrected chi connectivity index (χ2v) is 2.72. The summed E-state index contributed by atoms with van der Waals surface area (Å²) in [5, 5.41) is 3.01. The Kier molecular flexibility index (Phi) is 3.46. The smallest absolute Gasteiger partial charge is 0.150 e. The van der Waals surface area contributed by atoms with E-state index in [2.05, 4.69) is 5.32 Å². The summed E-state index contributed by atoms with van der Waals surface area (Å²) >= 11 is 0. The Hall–Kier alpha value is -1.35. The molecule has 0 bridgehead atoms. The molecule has 0 aliphatic carbocycles. The average molecular weight is 179 g/mol. The van der Waals surface area contributed by atoms with Crippen LogP contribution in [0.5, 0.6) is 5.75 Å². The first-order valence-corrected chi connectivity index (χ1v) is 4.08. The number of rotatable bonds is 4. The minimum atomic E-state index is 0.672. The third kappa shape index (κ3) is 2.29. The predicted molar refractivity (Wildman–Crippen MR) is 51.1 cm³/mol. The van der Waals surface area contributed by atoms with Crippen molar-refractivity contribution in [3.8, 4) is 5.75 Å². The van der Waals surface area contributed by atoms with E-state index in [4.69, 9.17) is 4.74 Å². The molecule has 0 aliphatic rings. The van der Waals surface area contributed by atoms with Crippen molar-refractivity contribution < 1.29 is 9.53 Å². The van der Waals surface area contributed by atoms with E-state index in [9.17, 15) is 4.79 Å². The molecule has 1 rings (SSSR count). The van der Waals surface area contributed by atoms with Gasteiger partial charge in [0.25, 0.3) is 0 Å². The third-order valence-electron chi connectivity index (χ3n) is 1.81. The van der Waals surface area contributed by atoms with E-state index in [1.165, 1.54) is 0 Å². The van der Waals surface area contributed by atoms with E-state index >= 15 is 0 Å². The standard InChI is InChI=1S/C10H13NO2/c1-11-6-9-5-8(7-12)3-4-10(9)13-2/h3-5,7,11H,6H2,1-2H3. The summed E-state index contributed by atoms with van der Waals surface area (Å²) in [6, 6.07) is 5.36. The summed E-state index contributed by atoms with van der Waals surface area (Å²) in [7, 11) is 3.47. The molecule has 0 radical (unpaired) electrons. The molecule has 0 unspecified atom stereocenters. The lowest BCUT2D eigenvalue weighted by Gasteiger charge is -2.07. The van der Waals surface area contributed by atoms with Crippen molar-refractivity contribution >= 4 is 6.29 Å². The third-order valence-corrected chi connectivity index (χ3v) is 1.81. The molecule has 0 atom stereocenters. The molecule has 3 heteroatoms. The summed E-state index contributed by atoms with van der Waals surface area (Å²) in [6.45, 7) is 0.699.